The lowest BCUT2D eigenvalue weighted by atomic mass is 10.0. The maximum atomic E-state index is 12.9. The van der Waals surface area contributed by atoms with Gasteiger partial charge in [-0.1, -0.05) is 30.3 Å². The lowest BCUT2D eigenvalue weighted by Crippen LogP contribution is -2.07. The summed E-state index contributed by atoms with van der Waals surface area (Å²) in [5.74, 6) is 1.11. The van der Waals surface area contributed by atoms with Gasteiger partial charge in [0.1, 0.15) is 28.7 Å². The molecule has 0 amide bonds. The summed E-state index contributed by atoms with van der Waals surface area (Å²) in [4.78, 5) is 12.9. The van der Waals surface area contributed by atoms with Crippen LogP contribution in [0.3, 0.4) is 0 Å². The molecular formula is C18H16O4. The van der Waals surface area contributed by atoms with Crippen molar-refractivity contribution in [2.24, 2.45) is 0 Å². The summed E-state index contributed by atoms with van der Waals surface area (Å²) < 4.78 is 16.4. The molecule has 0 aliphatic carbocycles. The minimum atomic E-state index is -0.116. The van der Waals surface area contributed by atoms with Crippen molar-refractivity contribution >= 4 is 11.0 Å². The van der Waals surface area contributed by atoms with E-state index in [0.29, 0.717) is 28.0 Å². The molecule has 22 heavy (non-hydrogen) atoms. The molecular weight excluding hydrogens is 280 g/mol. The Balaban J connectivity index is 2.39. The van der Waals surface area contributed by atoms with E-state index in [2.05, 4.69) is 0 Å². The van der Waals surface area contributed by atoms with E-state index >= 15 is 0 Å². The molecule has 0 radical (unpaired) electrons. The fourth-order valence-corrected chi connectivity index (χ4v) is 2.61. The standard InChI is InChI=1S/C18H16O4/c1-11-14(20-2)9-15-16(18(11)21-3)17(19)13(10-22-15)12-7-5-4-6-8-12/h4-10H,1-3H3. The number of fused-ring (bicyclic) bond motifs is 1. The zero-order valence-electron chi connectivity index (χ0n) is 12.7. The van der Waals surface area contributed by atoms with Crippen LogP contribution in [0.1, 0.15) is 5.56 Å². The third-order valence-electron chi connectivity index (χ3n) is 3.73. The Kier molecular flexibility index (Phi) is 3.59. The predicted octanol–water partition coefficient (Wildman–Crippen LogP) is 3.79. The molecule has 0 fully saturated rings. The molecule has 0 unspecified atom stereocenters. The maximum Gasteiger partial charge on any atom is 0.204 e. The van der Waals surface area contributed by atoms with E-state index in [9.17, 15) is 4.79 Å². The van der Waals surface area contributed by atoms with Crippen LogP contribution in [0.25, 0.3) is 22.1 Å². The van der Waals surface area contributed by atoms with Crippen molar-refractivity contribution in [3.8, 4) is 22.6 Å². The largest absolute Gasteiger partial charge is 0.496 e. The number of ether oxygens (including phenoxy) is 2. The monoisotopic (exact) mass is 296 g/mol. The second-order valence-electron chi connectivity index (χ2n) is 4.95. The fourth-order valence-electron chi connectivity index (χ4n) is 2.61. The van der Waals surface area contributed by atoms with E-state index in [1.165, 1.54) is 13.4 Å². The van der Waals surface area contributed by atoms with Crippen molar-refractivity contribution in [1.82, 2.24) is 0 Å². The molecule has 0 spiro atoms. The lowest BCUT2D eigenvalue weighted by molar-refractivity contribution is 0.390. The second kappa shape index (κ2) is 5.56. The second-order valence-corrected chi connectivity index (χ2v) is 4.95. The van der Waals surface area contributed by atoms with Crippen LogP contribution in [0.5, 0.6) is 11.5 Å². The van der Waals surface area contributed by atoms with Gasteiger partial charge in [0.05, 0.1) is 19.8 Å². The highest BCUT2D eigenvalue weighted by Gasteiger charge is 2.18. The fraction of sp³-hybridized carbons (Fsp3) is 0.167. The first-order valence-electron chi connectivity index (χ1n) is 6.90. The number of rotatable bonds is 3. The van der Waals surface area contributed by atoms with Crippen LogP contribution in [-0.2, 0) is 0 Å². The van der Waals surface area contributed by atoms with Gasteiger partial charge in [0.15, 0.2) is 0 Å². The zero-order valence-corrected chi connectivity index (χ0v) is 12.7. The van der Waals surface area contributed by atoms with Gasteiger partial charge in [-0.25, -0.2) is 0 Å². The molecule has 3 aromatic rings. The molecule has 0 bridgehead atoms. The zero-order chi connectivity index (χ0) is 15.7. The summed E-state index contributed by atoms with van der Waals surface area (Å²) in [6, 6.07) is 11.1. The molecule has 112 valence electrons. The van der Waals surface area contributed by atoms with E-state index in [4.69, 9.17) is 13.9 Å². The molecule has 4 heteroatoms. The number of hydrogen-bond donors (Lipinski definition) is 0. The van der Waals surface area contributed by atoms with Crippen molar-refractivity contribution in [1.29, 1.82) is 0 Å². The molecule has 4 nitrogen and oxygen atoms in total. The molecule has 0 saturated heterocycles. The SMILES string of the molecule is COc1cc2occ(-c3ccccc3)c(=O)c2c(OC)c1C. The van der Waals surface area contributed by atoms with Crippen LogP contribution in [0.4, 0.5) is 0 Å². The third kappa shape index (κ3) is 2.13. The van der Waals surface area contributed by atoms with Gasteiger partial charge >= 0.3 is 0 Å². The van der Waals surface area contributed by atoms with Crippen LogP contribution in [-0.4, -0.2) is 14.2 Å². The van der Waals surface area contributed by atoms with Crippen LogP contribution in [0.15, 0.2) is 51.9 Å². The third-order valence-corrected chi connectivity index (χ3v) is 3.73. The topological polar surface area (TPSA) is 48.7 Å². The van der Waals surface area contributed by atoms with Crippen molar-refractivity contribution in [3.05, 3.63) is 58.4 Å². The molecule has 0 N–H and O–H groups in total. The Labute approximate surface area is 127 Å². The quantitative estimate of drug-likeness (QED) is 0.738. The van der Waals surface area contributed by atoms with Gasteiger partial charge in [-0.2, -0.15) is 0 Å². The van der Waals surface area contributed by atoms with Crippen molar-refractivity contribution < 1.29 is 13.9 Å². The molecule has 2 aromatic carbocycles. The summed E-state index contributed by atoms with van der Waals surface area (Å²) in [6.45, 7) is 1.85. The Morgan fingerprint density at radius 2 is 1.77 bits per heavy atom. The Bertz CT molecular complexity index is 879. The first-order chi connectivity index (χ1) is 10.7. The van der Waals surface area contributed by atoms with E-state index < -0.39 is 0 Å². The summed E-state index contributed by atoms with van der Waals surface area (Å²) in [5, 5.41) is 0.433. The molecule has 3 rings (SSSR count). The van der Waals surface area contributed by atoms with Gasteiger partial charge in [0, 0.05) is 11.6 Å². The summed E-state index contributed by atoms with van der Waals surface area (Å²) in [5.41, 5.74) is 2.43. The lowest BCUT2D eigenvalue weighted by Gasteiger charge is -2.12. The molecule has 0 aliphatic heterocycles. The van der Waals surface area contributed by atoms with Crippen molar-refractivity contribution in [2.75, 3.05) is 14.2 Å². The first kappa shape index (κ1) is 14.2. The molecule has 0 aliphatic rings. The highest BCUT2D eigenvalue weighted by atomic mass is 16.5. The van der Waals surface area contributed by atoms with E-state index in [-0.39, 0.29) is 5.43 Å². The average Bonchev–Trinajstić information content (AvgIpc) is 2.56. The number of benzene rings is 2. The molecule has 1 aromatic heterocycles. The van der Waals surface area contributed by atoms with Gasteiger partial charge in [-0.15, -0.1) is 0 Å². The first-order valence-corrected chi connectivity index (χ1v) is 6.90. The number of hydrogen-bond acceptors (Lipinski definition) is 4. The van der Waals surface area contributed by atoms with Crippen LogP contribution >= 0.6 is 0 Å². The van der Waals surface area contributed by atoms with Crippen molar-refractivity contribution in [2.45, 2.75) is 6.92 Å². The summed E-state index contributed by atoms with van der Waals surface area (Å²) in [7, 11) is 3.11. The Morgan fingerprint density at radius 3 is 2.41 bits per heavy atom. The van der Waals surface area contributed by atoms with E-state index in [0.717, 1.165) is 11.1 Å². The highest BCUT2D eigenvalue weighted by Crippen LogP contribution is 2.35. The summed E-state index contributed by atoms with van der Waals surface area (Å²) >= 11 is 0. The van der Waals surface area contributed by atoms with Crippen LogP contribution in [0.2, 0.25) is 0 Å². The number of methoxy groups -OCH3 is 2. The van der Waals surface area contributed by atoms with Crippen molar-refractivity contribution in [3.63, 3.8) is 0 Å². The van der Waals surface area contributed by atoms with Gasteiger partial charge in [-0.05, 0) is 12.5 Å². The Hall–Kier alpha value is -2.75. The molecule has 1 heterocycles. The summed E-state index contributed by atoms with van der Waals surface area (Å²) in [6.07, 6.45) is 1.48. The van der Waals surface area contributed by atoms with Gasteiger partial charge in [-0.3, -0.25) is 4.79 Å². The normalized spacial score (nSPS) is 10.7. The van der Waals surface area contributed by atoms with Gasteiger partial charge < -0.3 is 13.9 Å². The maximum absolute atomic E-state index is 12.9. The van der Waals surface area contributed by atoms with E-state index in [1.54, 1.807) is 13.2 Å². The minimum absolute atomic E-state index is 0.116. The van der Waals surface area contributed by atoms with Gasteiger partial charge in [0.25, 0.3) is 0 Å². The van der Waals surface area contributed by atoms with Crippen LogP contribution < -0.4 is 14.9 Å². The smallest absolute Gasteiger partial charge is 0.204 e. The van der Waals surface area contributed by atoms with E-state index in [1.807, 2.05) is 37.3 Å². The highest BCUT2D eigenvalue weighted by molar-refractivity contribution is 5.90. The molecule has 0 atom stereocenters. The minimum Gasteiger partial charge on any atom is -0.496 e. The predicted molar refractivity (Wildman–Crippen MR) is 85.8 cm³/mol. The molecule has 0 saturated carbocycles. The average molecular weight is 296 g/mol. The Morgan fingerprint density at radius 1 is 1.05 bits per heavy atom. The van der Waals surface area contributed by atoms with Gasteiger partial charge in [0.2, 0.25) is 5.43 Å². The van der Waals surface area contributed by atoms with Crippen LogP contribution in [0, 0.1) is 6.92 Å².